The Bertz CT molecular complexity index is 336. The third-order valence-corrected chi connectivity index (χ3v) is 2.36. The lowest BCUT2D eigenvalue weighted by molar-refractivity contribution is 0.0913. The molecule has 0 bridgehead atoms. The largest absolute Gasteiger partial charge is 0.391 e. The molecule has 2 N–H and O–H groups in total. The number of hydrogen-bond donors (Lipinski definition) is 2. The van der Waals surface area contributed by atoms with Crippen molar-refractivity contribution in [1.82, 2.24) is 5.32 Å². The predicted octanol–water partition coefficient (Wildman–Crippen LogP) is 1.50. The van der Waals surface area contributed by atoms with E-state index >= 15 is 0 Å². The van der Waals surface area contributed by atoms with Crippen LogP contribution in [0.25, 0.3) is 0 Å². The van der Waals surface area contributed by atoms with Crippen molar-refractivity contribution < 1.29 is 9.90 Å². The van der Waals surface area contributed by atoms with E-state index in [1.807, 2.05) is 32.0 Å². The molecule has 1 rings (SSSR count). The number of aryl methyl sites for hydroxylation is 1. The molecule has 0 aliphatic carbocycles. The number of carbonyl (C=O) groups excluding carboxylic acids is 1. The van der Waals surface area contributed by atoms with E-state index < -0.39 is 6.10 Å². The van der Waals surface area contributed by atoms with E-state index in [1.165, 1.54) is 0 Å². The van der Waals surface area contributed by atoms with Gasteiger partial charge in [0.05, 0.1) is 6.10 Å². The van der Waals surface area contributed by atoms with Gasteiger partial charge in [0.25, 0.3) is 5.91 Å². The first-order chi connectivity index (χ1) is 7.15. The number of aliphatic hydroxyl groups excluding tert-OH is 1. The van der Waals surface area contributed by atoms with Crippen molar-refractivity contribution >= 4 is 5.91 Å². The van der Waals surface area contributed by atoms with Gasteiger partial charge in [-0.15, -0.1) is 0 Å². The molecule has 1 atom stereocenters. The van der Waals surface area contributed by atoms with E-state index in [9.17, 15) is 9.90 Å². The zero-order valence-electron chi connectivity index (χ0n) is 9.16. The monoisotopic (exact) mass is 207 g/mol. The molecule has 82 valence electrons. The highest BCUT2D eigenvalue weighted by molar-refractivity contribution is 5.95. The lowest BCUT2D eigenvalue weighted by atomic mass is 10.1. The SMILES string of the molecule is CCC(O)CNC(=O)c1ccccc1C. The smallest absolute Gasteiger partial charge is 0.251 e. The Hall–Kier alpha value is -1.35. The second kappa shape index (κ2) is 5.51. The predicted molar refractivity (Wildman–Crippen MR) is 59.8 cm³/mol. The average Bonchev–Trinajstić information content (AvgIpc) is 2.26. The fraction of sp³-hybridized carbons (Fsp3) is 0.417. The van der Waals surface area contributed by atoms with Gasteiger partial charge >= 0.3 is 0 Å². The van der Waals surface area contributed by atoms with Gasteiger partial charge < -0.3 is 10.4 Å². The summed E-state index contributed by atoms with van der Waals surface area (Å²) in [5, 5.41) is 12.0. The maximum absolute atomic E-state index is 11.7. The van der Waals surface area contributed by atoms with Gasteiger partial charge in [0.15, 0.2) is 0 Å². The zero-order chi connectivity index (χ0) is 11.3. The first kappa shape index (κ1) is 11.7. The molecule has 0 saturated carbocycles. The van der Waals surface area contributed by atoms with E-state index in [-0.39, 0.29) is 5.91 Å². The number of amides is 1. The number of hydrogen-bond acceptors (Lipinski definition) is 2. The summed E-state index contributed by atoms with van der Waals surface area (Å²) in [6.45, 7) is 4.08. The van der Waals surface area contributed by atoms with Crippen molar-refractivity contribution in [2.45, 2.75) is 26.4 Å². The van der Waals surface area contributed by atoms with Crippen molar-refractivity contribution in [1.29, 1.82) is 0 Å². The van der Waals surface area contributed by atoms with Crippen molar-refractivity contribution in [3.63, 3.8) is 0 Å². The molecule has 0 fully saturated rings. The van der Waals surface area contributed by atoms with Gasteiger partial charge in [0, 0.05) is 12.1 Å². The van der Waals surface area contributed by atoms with E-state index in [0.29, 0.717) is 18.5 Å². The number of nitrogens with one attached hydrogen (secondary N) is 1. The maximum Gasteiger partial charge on any atom is 0.251 e. The summed E-state index contributed by atoms with van der Waals surface area (Å²) in [6.07, 6.45) is 0.187. The van der Waals surface area contributed by atoms with Crippen LogP contribution < -0.4 is 5.32 Å². The molecule has 1 amide bonds. The molecule has 0 aromatic heterocycles. The Morgan fingerprint density at radius 2 is 2.13 bits per heavy atom. The highest BCUT2D eigenvalue weighted by Crippen LogP contribution is 2.06. The molecule has 1 unspecified atom stereocenters. The summed E-state index contributed by atoms with van der Waals surface area (Å²) in [5.74, 6) is -0.124. The van der Waals surface area contributed by atoms with Crippen LogP contribution in [0.15, 0.2) is 24.3 Å². The Kier molecular flexibility index (Phi) is 4.31. The highest BCUT2D eigenvalue weighted by atomic mass is 16.3. The van der Waals surface area contributed by atoms with E-state index in [4.69, 9.17) is 0 Å². The van der Waals surface area contributed by atoms with E-state index in [2.05, 4.69) is 5.32 Å². The third-order valence-electron chi connectivity index (χ3n) is 2.36. The summed E-state index contributed by atoms with van der Waals surface area (Å²) >= 11 is 0. The fourth-order valence-corrected chi connectivity index (χ4v) is 1.28. The van der Waals surface area contributed by atoms with Crippen LogP contribution in [0.2, 0.25) is 0 Å². The second-order valence-electron chi connectivity index (χ2n) is 3.59. The van der Waals surface area contributed by atoms with Crippen molar-refractivity contribution in [2.75, 3.05) is 6.54 Å². The molecule has 3 nitrogen and oxygen atoms in total. The van der Waals surface area contributed by atoms with Crippen LogP contribution in [0.4, 0.5) is 0 Å². The molecule has 0 heterocycles. The number of benzene rings is 1. The minimum Gasteiger partial charge on any atom is -0.391 e. The average molecular weight is 207 g/mol. The number of carbonyl (C=O) groups is 1. The Labute approximate surface area is 90.1 Å². The first-order valence-electron chi connectivity index (χ1n) is 5.17. The van der Waals surface area contributed by atoms with Crippen molar-refractivity contribution in [2.24, 2.45) is 0 Å². The minimum atomic E-state index is -0.460. The minimum absolute atomic E-state index is 0.124. The van der Waals surface area contributed by atoms with Gasteiger partial charge in [-0.05, 0) is 25.0 Å². The quantitative estimate of drug-likeness (QED) is 0.786. The van der Waals surface area contributed by atoms with Gasteiger partial charge in [-0.25, -0.2) is 0 Å². The molecular weight excluding hydrogens is 190 g/mol. The molecule has 3 heteroatoms. The molecule has 0 spiro atoms. The maximum atomic E-state index is 11.7. The van der Waals surface area contributed by atoms with E-state index in [0.717, 1.165) is 5.56 Å². The Balaban J connectivity index is 2.58. The zero-order valence-corrected chi connectivity index (χ0v) is 9.16. The van der Waals surface area contributed by atoms with Crippen LogP contribution in [-0.4, -0.2) is 23.7 Å². The van der Waals surface area contributed by atoms with Gasteiger partial charge in [-0.3, -0.25) is 4.79 Å². The summed E-state index contributed by atoms with van der Waals surface area (Å²) in [6, 6.07) is 7.40. The summed E-state index contributed by atoms with van der Waals surface area (Å²) in [7, 11) is 0. The van der Waals surface area contributed by atoms with E-state index in [1.54, 1.807) is 6.07 Å². The lowest BCUT2D eigenvalue weighted by Gasteiger charge is -2.10. The molecule has 0 aliphatic heterocycles. The van der Waals surface area contributed by atoms with Gasteiger partial charge in [0.2, 0.25) is 0 Å². The lowest BCUT2D eigenvalue weighted by Crippen LogP contribution is -2.32. The topological polar surface area (TPSA) is 49.3 Å². The van der Waals surface area contributed by atoms with Gasteiger partial charge in [-0.1, -0.05) is 25.1 Å². The fourth-order valence-electron chi connectivity index (χ4n) is 1.28. The van der Waals surface area contributed by atoms with Gasteiger partial charge in [0.1, 0.15) is 0 Å². The first-order valence-corrected chi connectivity index (χ1v) is 5.17. The number of rotatable bonds is 4. The van der Waals surface area contributed by atoms with Crippen LogP contribution in [-0.2, 0) is 0 Å². The third kappa shape index (κ3) is 3.36. The van der Waals surface area contributed by atoms with Crippen LogP contribution >= 0.6 is 0 Å². The van der Waals surface area contributed by atoms with Crippen LogP contribution in [0.3, 0.4) is 0 Å². The summed E-state index contributed by atoms with van der Waals surface area (Å²) in [4.78, 5) is 11.7. The normalized spacial score (nSPS) is 12.2. The standard InChI is InChI=1S/C12H17NO2/c1-3-10(14)8-13-12(15)11-7-5-4-6-9(11)2/h4-7,10,14H,3,8H2,1-2H3,(H,13,15). The molecule has 0 radical (unpaired) electrons. The van der Waals surface area contributed by atoms with Crippen LogP contribution in [0.5, 0.6) is 0 Å². The van der Waals surface area contributed by atoms with Crippen molar-refractivity contribution in [3.05, 3.63) is 35.4 Å². The Morgan fingerprint density at radius 3 is 2.73 bits per heavy atom. The highest BCUT2D eigenvalue weighted by Gasteiger charge is 2.09. The van der Waals surface area contributed by atoms with Crippen LogP contribution in [0.1, 0.15) is 29.3 Å². The Morgan fingerprint density at radius 1 is 1.47 bits per heavy atom. The van der Waals surface area contributed by atoms with Gasteiger partial charge in [-0.2, -0.15) is 0 Å². The molecule has 1 aromatic rings. The molecule has 0 saturated heterocycles. The second-order valence-corrected chi connectivity index (χ2v) is 3.59. The number of aliphatic hydroxyl groups is 1. The van der Waals surface area contributed by atoms with Crippen molar-refractivity contribution in [3.8, 4) is 0 Å². The molecule has 1 aromatic carbocycles. The summed E-state index contributed by atoms with van der Waals surface area (Å²) in [5.41, 5.74) is 1.61. The molecule has 15 heavy (non-hydrogen) atoms. The molecular formula is C12H17NO2. The van der Waals surface area contributed by atoms with Crippen LogP contribution in [0, 0.1) is 6.92 Å². The molecule has 0 aliphatic rings. The summed E-state index contributed by atoms with van der Waals surface area (Å²) < 4.78 is 0.